The summed E-state index contributed by atoms with van der Waals surface area (Å²) in [5, 5.41) is 13.5. The normalized spacial score (nSPS) is 29.3. The molecule has 0 aliphatic heterocycles. The van der Waals surface area contributed by atoms with Crippen LogP contribution in [0.1, 0.15) is 40.0 Å². The largest absolute Gasteiger partial charge is 0.460 e. The summed E-state index contributed by atoms with van der Waals surface area (Å²) in [6.45, 7) is 5.35. The summed E-state index contributed by atoms with van der Waals surface area (Å²) in [4.78, 5) is 14.5. The maximum absolute atomic E-state index is 11.9. The van der Waals surface area contributed by atoms with Crippen molar-refractivity contribution >= 4 is 5.97 Å². The van der Waals surface area contributed by atoms with Crippen LogP contribution in [-0.4, -0.2) is 28.8 Å². The second-order valence-corrected chi connectivity index (χ2v) is 5.33. The molecule has 0 aromatic carbocycles. The van der Waals surface area contributed by atoms with Gasteiger partial charge in [-0.25, -0.2) is 0 Å². The fraction of sp³-hybridized carbons (Fsp3) is 0.909. The lowest BCUT2D eigenvalue weighted by atomic mass is 9.83. The molecule has 1 N–H and O–H groups in total. The molecule has 0 bridgehead atoms. The lowest BCUT2D eigenvalue weighted by Crippen LogP contribution is -2.42. The number of ether oxygens (including phenoxy) is 1. The lowest BCUT2D eigenvalue weighted by molar-refractivity contribution is -0.166. The van der Waals surface area contributed by atoms with Crippen LogP contribution in [0.2, 0.25) is 0 Å². The van der Waals surface area contributed by atoms with Gasteiger partial charge in [0.25, 0.3) is 0 Å². The minimum Gasteiger partial charge on any atom is -0.460 e. The van der Waals surface area contributed by atoms with E-state index in [4.69, 9.17) is 10.3 Å². The fourth-order valence-corrected chi connectivity index (χ4v) is 1.98. The fourth-order valence-electron chi connectivity index (χ4n) is 1.98. The summed E-state index contributed by atoms with van der Waals surface area (Å²) >= 11 is 0. The molecule has 1 saturated carbocycles. The highest BCUT2D eigenvalue weighted by atomic mass is 16.6. The van der Waals surface area contributed by atoms with Gasteiger partial charge in [-0.2, -0.15) is 0 Å². The molecule has 0 aromatic heterocycles. The molecular formula is C11H19N3O3. The Hall–Kier alpha value is -1.26. The second kappa shape index (κ2) is 5.38. The van der Waals surface area contributed by atoms with E-state index >= 15 is 0 Å². The molecule has 6 nitrogen and oxygen atoms in total. The second-order valence-electron chi connectivity index (χ2n) is 5.33. The maximum atomic E-state index is 11.9. The molecule has 0 radical (unpaired) electrons. The van der Waals surface area contributed by atoms with Crippen LogP contribution in [-0.2, 0) is 9.53 Å². The van der Waals surface area contributed by atoms with Crippen LogP contribution in [0.3, 0.4) is 0 Å². The third kappa shape index (κ3) is 3.91. The van der Waals surface area contributed by atoms with Crippen LogP contribution in [0.25, 0.3) is 10.4 Å². The molecule has 0 saturated heterocycles. The van der Waals surface area contributed by atoms with Gasteiger partial charge in [0.1, 0.15) is 5.60 Å². The number of nitrogens with zero attached hydrogens (tertiary/aromatic N) is 3. The smallest absolute Gasteiger partial charge is 0.312 e. The molecule has 0 heterocycles. The van der Waals surface area contributed by atoms with Crippen LogP contribution in [0, 0.1) is 5.92 Å². The van der Waals surface area contributed by atoms with E-state index in [1.54, 1.807) is 20.8 Å². The topological polar surface area (TPSA) is 95.3 Å². The number of rotatable bonds is 2. The molecular weight excluding hydrogens is 222 g/mol. The monoisotopic (exact) mass is 241 g/mol. The van der Waals surface area contributed by atoms with Gasteiger partial charge in [-0.05, 0) is 39.1 Å². The van der Waals surface area contributed by atoms with Crippen molar-refractivity contribution < 1.29 is 14.6 Å². The van der Waals surface area contributed by atoms with Gasteiger partial charge in [-0.3, -0.25) is 4.79 Å². The van der Waals surface area contributed by atoms with Crippen molar-refractivity contribution in [2.75, 3.05) is 0 Å². The van der Waals surface area contributed by atoms with Crippen molar-refractivity contribution in [3.05, 3.63) is 10.4 Å². The number of aliphatic hydroxyl groups excluding tert-OH is 1. The lowest BCUT2D eigenvalue weighted by Gasteiger charge is -2.32. The number of carbonyl (C=O) groups is 1. The van der Waals surface area contributed by atoms with E-state index in [0.717, 1.165) is 6.42 Å². The molecule has 1 rings (SSSR count). The van der Waals surface area contributed by atoms with Gasteiger partial charge >= 0.3 is 5.97 Å². The number of hydrogen-bond acceptors (Lipinski definition) is 4. The van der Waals surface area contributed by atoms with Gasteiger partial charge in [-0.1, -0.05) is 11.5 Å². The predicted molar refractivity (Wildman–Crippen MR) is 62.1 cm³/mol. The van der Waals surface area contributed by atoms with Gasteiger partial charge in [0.15, 0.2) is 0 Å². The summed E-state index contributed by atoms with van der Waals surface area (Å²) in [5.74, 6) is -0.999. The van der Waals surface area contributed by atoms with E-state index in [1.807, 2.05) is 0 Å². The number of aliphatic hydroxyl groups is 1. The first-order valence-corrected chi connectivity index (χ1v) is 5.80. The van der Waals surface area contributed by atoms with Crippen molar-refractivity contribution in [2.24, 2.45) is 11.0 Å². The summed E-state index contributed by atoms with van der Waals surface area (Å²) in [7, 11) is 0. The minimum absolute atomic E-state index is 0.414. The molecule has 6 heteroatoms. The minimum atomic E-state index is -0.936. The van der Waals surface area contributed by atoms with E-state index in [-0.39, 0.29) is 0 Å². The number of esters is 1. The summed E-state index contributed by atoms with van der Waals surface area (Å²) in [6, 6.07) is -0.522. The Balaban J connectivity index is 2.70. The Morgan fingerprint density at radius 2 is 2.12 bits per heavy atom. The zero-order valence-corrected chi connectivity index (χ0v) is 10.5. The number of azide groups is 1. The zero-order valence-electron chi connectivity index (χ0n) is 10.5. The molecule has 1 aliphatic carbocycles. The van der Waals surface area contributed by atoms with Gasteiger partial charge in [0.05, 0.1) is 18.1 Å². The molecule has 96 valence electrons. The first-order chi connectivity index (χ1) is 7.85. The van der Waals surface area contributed by atoms with E-state index in [0.29, 0.717) is 12.8 Å². The summed E-state index contributed by atoms with van der Waals surface area (Å²) in [5.41, 5.74) is 7.81. The Labute approximate surface area is 101 Å². The molecule has 17 heavy (non-hydrogen) atoms. The summed E-state index contributed by atoms with van der Waals surface area (Å²) in [6.07, 6.45) is 1.01. The quantitative estimate of drug-likeness (QED) is 0.347. The summed E-state index contributed by atoms with van der Waals surface area (Å²) < 4.78 is 5.24. The van der Waals surface area contributed by atoms with Crippen LogP contribution in [0.5, 0.6) is 0 Å². The average Bonchev–Trinajstić information content (AvgIpc) is 2.18. The predicted octanol–water partition coefficient (Wildman–Crippen LogP) is 2.17. The van der Waals surface area contributed by atoms with Gasteiger partial charge < -0.3 is 9.84 Å². The van der Waals surface area contributed by atoms with Crippen molar-refractivity contribution in [1.82, 2.24) is 0 Å². The Kier molecular flexibility index (Phi) is 4.37. The van der Waals surface area contributed by atoms with Crippen molar-refractivity contribution in [2.45, 2.75) is 57.8 Å². The van der Waals surface area contributed by atoms with Crippen LogP contribution < -0.4 is 0 Å². The number of hydrogen-bond donors (Lipinski definition) is 1. The van der Waals surface area contributed by atoms with E-state index < -0.39 is 29.6 Å². The highest BCUT2D eigenvalue weighted by Crippen LogP contribution is 2.29. The van der Waals surface area contributed by atoms with Crippen molar-refractivity contribution in [3.63, 3.8) is 0 Å². The van der Waals surface area contributed by atoms with Crippen molar-refractivity contribution in [3.8, 4) is 0 Å². The standard InChI is InChI=1S/C11H19N3O3/c1-11(2,3)17-10(16)7-5-4-6-8(9(7)15)13-14-12/h7-9,15H,4-6H2,1-3H3/t7-,8+,9+/m0/s1. The Morgan fingerprint density at radius 1 is 1.47 bits per heavy atom. The maximum Gasteiger partial charge on any atom is 0.312 e. The van der Waals surface area contributed by atoms with Gasteiger partial charge in [0, 0.05) is 4.91 Å². The molecule has 0 aromatic rings. The van der Waals surface area contributed by atoms with Crippen molar-refractivity contribution in [1.29, 1.82) is 0 Å². The number of carbonyl (C=O) groups excluding carboxylic acids is 1. The average molecular weight is 241 g/mol. The highest BCUT2D eigenvalue weighted by Gasteiger charge is 2.38. The first-order valence-electron chi connectivity index (χ1n) is 5.80. The Bertz CT molecular complexity index is 331. The van der Waals surface area contributed by atoms with E-state index in [1.165, 1.54) is 0 Å². The zero-order chi connectivity index (χ0) is 13.1. The molecule has 1 fully saturated rings. The van der Waals surface area contributed by atoms with Crippen LogP contribution in [0.15, 0.2) is 5.11 Å². The molecule has 1 aliphatic rings. The van der Waals surface area contributed by atoms with Gasteiger partial charge in [0.2, 0.25) is 0 Å². The highest BCUT2D eigenvalue weighted by molar-refractivity contribution is 5.73. The van der Waals surface area contributed by atoms with Gasteiger partial charge in [-0.15, -0.1) is 0 Å². The molecule has 0 amide bonds. The Morgan fingerprint density at radius 3 is 2.65 bits per heavy atom. The molecule has 0 spiro atoms. The third-order valence-corrected chi connectivity index (χ3v) is 2.73. The third-order valence-electron chi connectivity index (χ3n) is 2.73. The van der Waals surface area contributed by atoms with Crippen LogP contribution in [0.4, 0.5) is 0 Å². The SMILES string of the molecule is CC(C)(C)OC(=O)[C@H]1CCC[C@@H](N=[N+]=[N-])[C@@H]1O. The van der Waals surface area contributed by atoms with Crippen LogP contribution >= 0.6 is 0 Å². The first kappa shape index (κ1) is 13.8. The molecule has 0 unspecified atom stereocenters. The van der Waals surface area contributed by atoms with E-state index in [9.17, 15) is 9.90 Å². The molecule has 3 atom stereocenters. The van der Waals surface area contributed by atoms with E-state index in [2.05, 4.69) is 10.0 Å².